The molecule has 0 aliphatic carbocycles. The Morgan fingerprint density at radius 1 is 1.43 bits per heavy atom. The second-order valence-electron chi connectivity index (χ2n) is 4.55. The zero-order valence-electron chi connectivity index (χ0n) is 11.4. The van der Waals surface area contributed by atoms with E-state index in [1.807, 2.05) is 0 Å². The first-order valence-electron chi connectivity index (χ1n) is 6.07. The van der Waals surface area contributed by atoms with Crippen molar-refractivity contribution < 1.29 is 14.3 Å². The summed E-state index contributed by atoms with van der Waals surface area (Å²) in [5.41, 5.74) is 0.502. The molecule has 1 N–H and O–H groups in total. The Balaban J connectivity index is 2.77. The van der Waals surface area contributed by atoms with Gasteiger partial charge in [-0.3, -0.25) is 9.36 Å². The Morgan fingerprint density at radius 3 is 2.71 bits per heavy atom. The van der Waals surface area contributed by atoms with Crippen molar-refractivity contribution in [2.24, 2.45) is 0 Å². The van der Waals surface area contributed by atoms with Crippen molar-refractivity contribution in [2.45, 2.75) is 20.3 Å². The number of benzene rings is 1. The zero-order valence-corrected chi connectivity index (χ0v) is 12.9. The average Bonchev–Trinajstić information content (AvgIpc) is 2.38. The van der Waals surface area contributed by atoms with Crippen LogP contribution in [0.15, 0.2) is 27.5 Å². The number of aryl methyl sites for hydroxylation is 1. The molecule has 2 aromatic rings. The molecule has 0 unspecified atom stereocenters. The molecule has 1 aromatic carbocycles. The number of hydrogen-bond acceptors (Lipinski definition) is 3. The van der Waals surface area contributed by atoms with Crippen LogP contribution in [0.1, 0.15) is 17.0 Å². The van der Waals surface area contributed by atoms with Crippen molar-refractivity contribution in [3.8, 4) is 5.69 Å². The lowest BCUT2D eigenvalue weighted by Crippen LogP contribution is -2.27. The van der Waals surface area contributed by atoms with Gasteiger partial charge in [-0.25, -0.2) is 9.18 Å². The van der Waals surface area contributed by atoms with Crippen LogP contribution >= 0.6 is 15.9 Å². The molecule has 0 saturated carbocycles. The monoisotopic (exact) mass is 354 g/mol. The van der Waals surface area contributed by atoms with E-state index in [2.05, 4.69) is 20.9 Å². The Bertz CT molecular complexity index is 787. The van der Waals surface area contributed by atoms with Gasteiger partial charge >= 0.3 is 11.7 Å². The predicted octanol–water partition coefficient (Wildman–Crippen LogP) is 2.38. The summed E-state index contributed by atoms with van der Waals surface area (Å²) in [6.45, 7) is 3.14. The summed E-state index contributed by atoms with van der Waals surface area (Å²) in [7, 11) is 0. The smallest absolute Gasteiger partial charge is 0.352 e. The number of halogens is 2. The topological polar surface area (TPSA) is 72.2 Å². The molecule has 0 fully saturated rings. The van der Waals surface area contributed by atoms with E-state index < -0.39 is 17.5 Å². The average molecular weight is 355 g/mol. The molecule has 0 bridgehead atoms. The molecule has 0 radical (unpaired) electrons. The van der Waals surface area contributed by atoms with E-state index in [0.29, 0.717) is 21.4 Å². The molecule has 0 aliphatic heterocycles. The second-order valence-corrected chi connectivity index (χ2v) is 5.46. The number of hydrogen-bond donors (Lipinski definition) is 1. The van der Waals surface area contributed by atoms with Crippen LogP contribution in [0.5, 0.6) is 0 Å². The van der Waals surface area contributed by atoms with Crippen LogP contribution in [0.4, 0.5) is 4.39 Å². The standard InChI is InChI=1S/C14H12BrFN2O3/c1-7-10(6-13(19)20)8(2)18(14(21)17-7)12-5-9(15)3-4-11(12)16/h3-5H,6H2,1-2H3,(H,19,20). The maximum Gasteiger partial charge on any atom is 0.352 e. The highest BCUT2D eigenvalue weighted by Crippen LogP contribution is 2.21. The lowest BCUT2D eigenvalue weighted by molar-refractivity contribution is -0.136. The quantitative estimate of drug-likeness (QED) is 0.918. The van der Waals surface area contributed by atoms with Gasteiger partial charge in [-0.1, -0.05) is 15.9 Å². The van der Waals surface area contributed by atoms with Gasteiger partial charge in [0.25, 0.3) is 0 Å². The number of carboxylic acids is 1. The Morgan fingerprint density at radius 2 is 2.10 bits per heavy atom. The van der Waals surface area contributed by atoms with E-state index in [1.165, 1.54) is 18.2 Å². The third-order valence-corrected chi connectivity index (χ3v) is 3.63. The van der Waals surface area contributed by atoms with Crippen molar-refractivity contribution in [1.29, 1.82) is 0 Å². The Labute approximate surface area is 128 Å². The maximum absolute atomic E-state index is 14.0. The van der Waals surface area contributed by atoms with Crippen molar-refractivity contribution in [1.82, 2.24) is 9.55 Å². The third kappa shape index (κ3) is 3.02. The van der Waals surface area contributed by atoms with Crippen LogP contribution in [0.3, 0.4) is 0 Å². The molecule has 1 heterocycles. The number of aromatic nitrogens is 2. The summed E-state index contributed by atoms with van der Waals surface area (Å²) < 4.78 is 15.7. The van der Waals surface area contributed by atoms with Gasteiger partial charge in [-0.15, -0.1) is 0 Å². The summed E-state index contributed by atoms with van der Waals surface area (Å²) in [5, 5.41) is 8.95. The molecular weight excluding hydrogens is 343 g/mol. The molecule has 0 saturated heterocycles. The van der Waals surface area contributed by atoms with E-state index >= 15 is 0 Å². The minimum atomic E-state index is -1.04. The highest BCUT2D eigenvalue weighted by atomic mass is 79.9. The number of carboxylic acid groups (broad SMARTS) is 1. The van der Waals surface area contributed by atoms with Crippen molar-refractivity contribution in [2.75, 3.05) is 0 Å². The van der Waals surface area contributed by atoms with Gasteiger partial charge in [0.15, 0.2) is 0 Å². The van der Waals surface area contributed by atoms with Crippen LogP contribution in [0.2, 0.25) is 0 Å². The number of carbonyl (C=O) groups is 1. The fourth-order valence-corrected chi connectivity index (χ4v) is 2.50. The number of rotatable bonds is 3. The minimum Gasteiger partial charge on any atom is -0.481 e. The van der Waals surface area contributed by atoms with Gasteiger partial charge in [0.05, 0.1) is 12.1 Å². The van der Waals surface area contributed by atoms with Gasteiger partial charge in [-0.05, 0) is 32.0 Å². The largest absolute Gasteiger partial charge is 0.481 e. The molecular formula is C14H12BrFN2O3. The molecule has 1 aromatic heterocycles. The lowest BCUT2D eigenvalue weighted by Gasteiger charge is -2.15. The van der Waals surface area contributed by atoms with Gasteiger partial charge in [0.2, 0.25) is 0 Å². The first kappa shape index (κ1) is 15.4. The SMILES string of the molecule is Cc1nc(=O)n(-c2cc(Br)ccc2F)c(C)c1CC(=O)O. The molecule has 21 heavy (non-hydrogen) atoms. The van der Waals surface area contributed by atoms with Crippen LogP contribution in [0, 0.1) is 19.7 Å². The van der Waals surface area contributed by atoms with E-state index in [0.717, 1.165) is 4.57 Å². The summed E-state index contributed by atoms with van der Waals surface area (Å²) in [6, 6.07) is 4.19. The minimum absolute atomic E-state index is 0.0333. The van der Waals surface area contributed by atoms with Crippen molar-refractivity contribution in [3.63, 3.8) is 0 Å². The summed E-state index contributed by atoms with van der Waals surface area (Å²) in [5.74, 6) is -1.63. The lowest BCUT2D eigenvalue weighted by atomic mass is 10.1. The van der Waals surface area contributed by atoms with E-state index in [4.69, 9.17) is 5.11 Å². The summed E-state index contributed by atoms with van der Waals surface area (Å²) in [4.78, 5) is 26.8. The fourth-order valence-electron chi connectivity index (χ4n) is 2.15. The Kier molecular flexibility index (Phi) is 4.22. The third-order valence-electron chi connectivity index (χ3n) is 3.14. The second kappa shape index (κ2) is 5.77. The van der Waals surface area contributed by atoms with Crippen LogP contribution < -0.4 is 5.69 Å². The maximum atomic E-state index is 14.0. The van der Waals surface area contributed by atoms with Crippen molar-refractivity contribution in [3.05, 3.63) is 55.9 Å². The molecule has 5 nitrogen and oxygen atoms in total. The van der Waals surface area contributed by atoms with E-state index in [-0.39, 0.29) is 12.1 Å². The molecule has 7 heteroatoms. The highest BCUT2D eigenvalue weighted by Gasteiger charge is 2.17. The predicted molar refractivity (Wildman–Crippen MR) is 78.3 cm³/mol. The first-order valence-corrected chi connectivity index (χ1v) is 6.87. The molecule has 2 rings (SSSR count). The molecule has 0 aliphatic rings. The van der Waals surface area contributed by atoms with Gasteiger partial charge < -0.3 is 5.11 Å². The zero-order chi connectivity index (χ0) is 15.7. The fraction of sp³-hybridized carbons (Fsp3) is 0.214. The van der Waals surface area contributed by atoms with Crippen molar-refractivity contribution >= 4 is 21.9 Å². The van der Waals surface area contributed by atoms with Crippen LogP contribution in [-0.2, 0) is 11.2 Å². The first-order chi connectivity index (χ1) is 9.81. The number of nitrogens with zero attached hydrogens (tertiary/aromatic N) is 2. The van der Waals surface area contributed by atoms with Crippen LogP contribution in [0.25, 0.3) is 5.69 Å². The molecule has 0 spiro atoms. The molecule has 110 valence electrons. The summed E-state index contributed by atoms with van der Waals surface area (Å²) in [6.07, 6.45) is -0.277. The summed E-state index contributed by atoms with van der Waals surface area (Å²) >= 11 is 3.22. The Hall–Kier alpha value is -2.02. The normalized spacial score (nSPS) is 10.7. The number of aliphatic carboxylic acids is 1. The van der Waals surface area contributed by atoms with E-state index in [9.17, 15) is 14.0 Å². The van der Waals surface area contributed by atoms with E-state index in [1.54, 1.807) is 13.8 Å². The van der Waals surface area contributed by atoms with Gasteiger partial charge in [-0.2, -0.15) is 4.98 Å². The molecule has 0 amide bonds. The van der Waals surface area contributed by atoms with Crippen LogP contribution in [-0.4, -0.2) is 20.6 Å². The van der Waals surface area contributed by atoms with Gasteiger partial charge in [0.1, 0.15) is 5.82 Å². The molecule has 0 atom stereocenters. The van der Waals surface area contributed by atoms with Gasteiger partial charge in [0, 0.05) is 21.4 Å². The highest BCUT2D eigenvalue weighted by molar-refractivity contribution is 9.10.